The van der Waals surface area contributed by atoms with Gasteiger partial charge in [0.15, 0.2) is 0 Å². The lowest BCUT2D eigenvalue weighted by Gasteiger charge is -2.25. The van der Waals surface area contributed by atoms with Gasteiger partial charge in [-0.15, -0.1) is 0 Å². The molecule has 0 saturated carbocycles. The molecule has 0 amide bonds. The minimum atomic E-state index is -2.56. The summed E-state index contributed by atoms with van der Waals surface area (Å²) >= 11 is 0. The molecule has 0 aliphatic carbocycles. The Morgan fingerprint density at radius 3 is 1.23 bits per heavy atom. The summed E-state index contributed by atoms with van der Waals surface area (Å²) in [6.45, 7) is 14.0. The molecule has 0 atom stereocenters. The highest BCUT2D eigenvalue weighted by Gasteiger charge is 2.44. The molecule has 0 rings (SSSR count). The summed E-state index contributed by atoms with van der Waals surface area (Å²) in [6.07, 6.45) is 0. The summed E-state index contributed by atoms with van der Waals surface area (Å²) in [5.74, 6) is 0. The summed E-state index contributed by atoms with van der Waals surface area (Å²) in [6, 6.07) is 0. The van der Waals surface area contributed by atoms with Crippen LogP contribution in [0.4, 0.5) is 0 Å². The average Bonchev–Trinajstić information content (AvgIpc) is 1.43. The van der Waals surface area contributed by atoms with Crippen molar-refractivity contribution in [2.75, 3.05) is 6.66 Å². The quantitative estimate of drug-likeness (QED) is 0.607. The summed E-state index contributed by atoms with van der Waals surface area (Å²) in [5, 5.41) is 0. The van der Waals surface area contributed by atoms with Crippen LogP contribution in [-0.4, -0.2) is 28.2 Å². The first-order valence-corrected chi connectivity index (χ1v) is 13.3. The van der Waals surface area contributed by atoms with Gasteiger partial charge < -0.3 is 0 Å². The van der Waals surface area contributed by atoms with Gasteiger partial charge in [0.2, 0.25) is 16.6 Å². The van der Waals surface area contributed by atoms with Gasteiger partial charge in [0.1, 0.15) is 6.66 Å². The lowest BCUT2D eigenvalue weighted by molar-refractivity contribution is 0.351. The minimum Gasteiger partial charge on any atom is -0.234 e. The zero-order chi connectivity index (χ0) is 10.9. The fourth-order valence-corrected chi connectivity index (χ4v) is 9.65. The van der Waals surface area contributed by atoms with Crippen molar-refractivity contribution in [2.45, 2.75) is 39.3 Å². The van der Waals surface area contributed by atoms with Gasteiger partial charge in [0.05, 0.1) is 0 Å². The van der Waals surface area contributed by atoms with Gasteiger partial charge in [-0.25, -0.2) is 8.43 Å². The Morgan fingerprint density at radius 1 is 0.846 bits per heavy atom. The second-order valence-corrected chi connectivity index (χ2v) is 16.7. The van der Waals surface area contributed by atoms with E-state index in [0.717, 1.165) is 0 Å². The number of hydrogen-bond acceptors (Lipinski definition) is 3. The van der Waals surface area contributed by atoms with Gasteiger partial charge in [0, 0.05) is 0 Å². The normalized spacial score (nSPS) is 14.8. The Bertz CT molecular complexity index is 154. The predicted molar refractivity (Wildman–Crippen MR) is 63.9 cm³/mol. The minimum absolute atomic E-state index is 1.68. The van der Waals surface area contributed by atoms with Crippen LogP contribution in [0.1, 0.15) is 0 Å². The van der Waals surface area contributed by atoms with Crippen LogP contribution in [-0.2, 0) is 8.43 Å². The summed E-state index contributed by atoms with van der Waals surface area (Å²) in [4.78, 5) is 9.92. The van der Waals surface area contributed by atoms with E-state index in [0.29, 0.717) is 0 Å². The monoisotopic (exact) mass is 241 g/mol. The first-order chi connectivity index (χ1) is 5.41. The fraction of sp³-hybridized carbons (Fsp3) is 1.00. The van der Waals surface area contributed by atoms with Crippen LogP contribution in [0.25, 0.3) is 0 Å². The van der Waals surface area contributed by atoms with E-state index in [1.807, 2.05) is 0 Å². The lowest BCUT2D eigenvalue weighted by Crippen LogP contribution is -2.31. The molecule has 0 saturated heterocycles. The number of rotatable bonds is 4. The Morgan fingerprint density at radius 2 is 1.08 bits per heavy atom. The van der Waals surface area contributed by atoms with Crippen molar-refractivity contribution in [1.29, 1.82) is 0 Å². The van der Waals surface area contributed by atoms with Crippen molar-refractivity contribution in [1.82, 2.24) is 0 Å². The third kappa shape index (κ3) is 9.06. The van der Waals surface area contributed by atoms with E-state index in [2.05, 4.69) is 39.3 Å². The Balaban J connectivity index is 4.25. The number of hydrogen-bond donors (Lipinski definition) is 1. The smallest absolute Gasteiger partial charge is 0.234 e. The molecule has 80 valence electrons. The Labute approximate surface area is 84.3 Å². The molecule has 0 aromatic heterocycles. The first kappa shape index (κ1) is 13.7. The van der Waals surface area contributed by atoms with Crippen molar-refractivity contribution in [3.05, 3.63) is 0 Å². The van der Waals surface area contributed by atoms with E-state index in [9.17, 15) is 4.89 Å². The van der Waals surface area contributed by atoms with Crippen LogP contribution in [0.2, 0.25) is 39.3 Å². The molecule has 1 N–H and O–H groups in total. The van der Waals surface area contributed by atoms with Crippen LogP contribution in [0.15, 0.2) is 0 Å². The molecule has 3 nitrogen and oxygen atoms in total. The molecule has 0 heterocycles. The summed E-state index contributed by atoms with van der Waals surface area (Å²) < 4.78 is 11.2. The van der Waals surface area contributed by atoms with E-state index in [-0.39, 0.29) is 0 Å². The molecular formula is C7H22O3PSi2+. The van der Waals surface area contributed by atoms with Crippen LogP contribution < -0.4 is 0 Å². The SMILES string of the molecule is C[Si](C)(C)O[P+](C)(O)O[Si](C)(C)C. The van der Waals surface area contributed by atoms with Gasteiger partial charge in [-0.05, 0) is 39.3 Å². The lowest BCUT2D eigenvalue weighted by atomic mass is 11.8. The maximum absolute atomic E-state index is 9.92. The van der Waals surface area contributed by atoms with Crippen molar-refractivity contribution >= 4 is 24.6 Å². The van der Waals surface area contributed by atoms with Crippen LogP contribution >= 0.6 is 7.94 Å². The van der Waals surface area contributed by atoms with E-state index in [1.54, 1.807) is 6.66 Å². The van der Waals surface area contributed by atoms with Gasteiger partial charge in [-0.3, -0.25) is 0 Å². The maximum atomic E-state index is 9.92. The van der Waals surface area contributed by atoms with Crippen molar-refractivity contribution in [3.63, 3.8) is 0 Å². The Hall–Kier alpha value is 0.744. The highest BCUT2D eigenvalue weighted by molar-refractivity contribution is 7.62. The molecule has 0 aliphatic rings. The van der Waals surface area contributed by atoms with Gasteiger partial charge >= 0.3 is 7.94 Å². The maximum Gasteiger partial charge on any atom is 0.382 e. The zero-order valence-corrected chi connectivity index (χ0v) is 12.6. The predicted octanol–water partition coefficient (Wildman–Crippen LogP) is 3.07. The van der Waals surface area contributed by atoms with Gasteiger partial charge in [-0.2, -0.15) is 4.89 Å². The zero-order valence-electron chi connectivity index (χ0n) is 9.71. The highest BCUT2D eigenvalue weighted by atomic mass is 31.2. The molecule has 0 bridgehead atoms. The van der Waals surface area contributed by atoms with Gasteiger partial charge in [-0.1, -0.05) is 0 Å². The van der Waals surface area contributed by atoms with Crippen LogP contribution in [0.3, 0.4) is 0 Å². The van der Waals surface area contributed by atoms with Crippen molar-refractivity contribution in [3.8, 4) is 0 Å². The molecular weight excluding hydrogens is 219 g/mol. The third-order valence-corrected chi connectivity index (χ3v) is 7.98. The highest BCUT2D eigenvalue weighted by Crippen LogP contribution is 2.57. The molecule has 6 heteroatoms. The molecule has 0 radical (unpaired) electrons. The van der Waals surface area contributed by atoms with E-state index >= 15 is 0 Å². The van der Waals surface area contributed by atoms with E-state index < -0.39 is 24.6 Å². The molecule has 0 spiro atoms. The molecule has 13 heavy (non-hydrogen) atoms. The topological polar surface area (TPSA) is 38.7 Å². The molecule has 0 aromatic rings. The second-order valence-electron chi connectivity index (χ2n) is 5.21. The first-order valence-electron chi connectivity index (χ1n) is 4.42. The molecule has 0 unspecified atom stereocenters. The van der Waals surface area contributed by atoms with Crippen LogP contribution in [0, 0.1) is 0 Å². The third-order valence-electron chi connectivity index (χ3n) is 0.886. The largest absolute Gasteiger partial charge is 0.382 e. The van der Waals surface area contributed by atoms with E-state index in [1.165, 1.54) is 0 Å². The molecule has 0 fully saturated rings. The van der Waals surface area contributed by atoms with Crippen molar-refractivity contribution in [2.24, 2.45) is 0 Å². The molecule has 0 aromatic carbocycles. The second kappa shape index (κ2) is 4.08. The fourth-order valence-electron chi connectivity index (χ4n) is 1.03. The molecule has 0 aliphatic heterocycles. The van der Waals surface area contributed by atoms with Gasteiger partial charge in [0.25, 0.3) is 0 Å². The Kier molecular flexibility index (Phi) is 4.32. The summed E-state index contributed by atoms with van der Waals surface area (Å²) in [5.41, 5.74) is 0. The standard InChI is InChI=1S/C7H22O3PSi2/c1-11(8,9-12(2,3)4)10-13(5,6)7/h8H,1-7H3/q+1. The average molecular weight is 241 g/mol. The van der Waals surface area contributed by atoms with Crippen molar-refractivity contribution < 1.29 is 13.3 Å². The summed E-state index contributed by atoms with van der Waals surface area (Å²) in [7, 11) is -5.95. The van der Waals surface area contributed by atoms with E-state index in [4.69, 9.17) is 8.43 Å². The van der Waals surface area contributed by atoms with Crippen LogP contribution in [0.5, 0.6) is 0 Å².